The molecule has 0 aliphatic carbocycles. The highest BCUT2D eigenvalue weighted by Gasteiger charge is 2.35. The van der Waals surface area contributed by atoms with Crippen molar-refractivity contribution >= 4 is 5.91 Å². The third-order valence-electron chi connectivity index (χ3n) is 3.85. The van der Waals surface area contributed by atoms with Gasteiger partial charge in [0.05, 0.1) is 23.8 Å². The second-order valence-electron chi connectivity index (χ2n) is 5.93. The maximum absolute atomic E-state index is 12.9. The van der Waals surface area contributed by atoms with E-state index >= 15 is 0 Å². The van der Waals surface area contributed by atoms with Crippen LogP contribution in [0.3, 0.4) is 0 Å². The van der Waals surface area contributed by atoms with E-state index in [2.05, 4.69) is 5.32 Å². The summed E-state index contributed by atoms with van der Waals surface area (Å²) in [4.78, 5) is 12.5. The number of aliphatic hydroxyl groups excluding tert-OH is 1. The fourth-order valence-corrected chi connectivity index (χ4v) is 2.25. The Kier molecular flexibility index (Phi) is 5.03. The van der Waals surface area contributed by atoms with Crippen LogP contribution in [0.2, 0.25) is 0 Å². The van der Waals surface area contributed by atoms with E-state index in [0.717, 1.165) is 12.1 Å². The van der Waals surface area contributed by atoms with Crippen LogP contribution in [0.5, 0.6) is 0 Å². The highest BCUT2D eigenvalue weighted by Crippen LogP contribution is 2.33. The van der Waals surface area contributed by atoms with Gasteiger partial charge in [0.1, 0.15) is 11.8 Å². The van der Waals surface area contributed by atoms with Crippen LogP contribution in [0.4, 0.5) is 13.2 Å². The normalized spacial score (nSPS) is 13.6. The van der Waals surface area contributed by atoms with Gasteiger partial charge in [-0.05, 0) is 37.6 Å². The van der Waals surface area contributed by atoms with E-state index in [4.69, 9.17) is 4.42 Å². The lowest BCUT2D eigenvalue weighted by molar-refractivity contribution is -0.138. The van der Waals surface area contributed by atoms with Crippen LogP contribution in [0, 0.1) is 0 Å². The molecule has 1 aromatic carbocycles. The Labute approximate surface area is 137 Å². The number of alkyl halides is 3. The van der Waals surface area contributed by atoms with Crippen molar-refractivity contribution in [3.63, 3.8) is 0 Å². The van der Waals surface area contributed by atoms with Crippen molar-refractivity contribution in [1.29, 1.82) is 0 Å². The summed E-state index contributed by atoms with van der Waals surface area (Å²) >= 11 is 0. The van der Waals surface area contributed by atoms with Gasteiger partial charge >= 0.3 is 6.18 Å². The molecule has 1 atom stereocenters. The molecule has 4 nitrogen and oxygen atoms in total. The number of hydrogen-bond acceptors (Lipinski definition) is 3. The highest BCUT2D eigenvalue weighted by molar-refractivity contribution is 5.87. The molecule has 0 saturated heterocycles. The number of carbonyl (C=O) groups is 1. The lowest BCUT2D eigenvalue weighted by Crippen LogP contribution is -2.42. The Morgan fingerprint density at radius 1 is 1.21 bits per heavy atom. The lowest BCUT2D eigenvalue weighted by Gasteiger charge is -2.27. The van der Waals surface area contributed by atoms with Crippen molar-refractivity contribution in [2.24, 2.45) is 0 Å². The van der Waals surface area contributed by atoms with Crippen LogP contribution >= 0.6 is 0 Å². The molecule has 1 unspecified atom stereocenters. The van der Waals surface area contributed by atoms with Crippen molar-refractivity contribution in [1.82, 2.24) is 5.32 Å². The zero-order valence-electron chi connectivity index (χ0n) is 13.2. The average molecular weight is 341 g/mol. The molecule has 130 valence electrons. The molecule has 2 aromatic rings. The first-order valence-corrected chi connectivity index (χ1v) is 7.29. The maximum atomic E-state index is 12.9. The molecule has 0 saturated carbocycles. The van der Waals surface area contributed by atoms with Gasteiger partial charge in [0.15, 0.2) is 0 Å². The molecule has 0 aliphatic heterocycles. The fraction of sp³-hybridized carbons (Fsp3) is 0.353. The van der Waals surface area contributed by atoms with Crippen LogP contribution < -0.4 is 5.32 Å². The Hall–Kier alpha value is -2.28. The summed E-state index contributed by atoms with van der Waals surface area (Å²) in [7, 11) is 0. The van der Waals surface area contributed by atoms with Crippen LogP contribution in [0.15, 0.2) is 47.1 Å². The molecule has 24 heavy (non-hydrogen) atoms. The van der Waals surface area contributed by atoms with Crippen molar-refractivity contribution in [3.8, 4) is 0 Å². The van der Waals surface area contributed by atoms with E-state index < -0.39 is 35.7 Å². The third kappa shape index (κ3) is 3.79. The van der Waals surface area contributed by atoms with Crippen molar-refractivity contribution in [2.45, 2.75) is 31.5 Å². The van der Waals surface area contributed by atoms with Crippen molar-refractivity contribution in [3.05, 3.63) is 59.5 Å². The minimum Gasteiger partial charge on any atom is -0.467 e. The van der Waals surface area contributed by atoms with Gasteiger partial charge in [-0.1, -0.05) is 18.2 Å². The summed E-state index contributed by atoms with van der Waals surface area (Å²) in [6.07, 6.45) is -3.08. The Balaban J connectivity index is 2.24. The lowest BCUT2D eigenvalue weighted by atomic mass is 9.82. The van der Waals surface area contributed by atoms with Gasteiger partial charge in [0.25, 0.3) is 0 Å². The molecular weight excluding hydrogens is 323 g/mol. The fourth-order valence-electron chi connectivity index (χ4n) is 2.25. The van der Waals surface area contributed by atoms with Gasteiger partial charge < -0.3 is 14.8 Å². The zero-order valence-corrected chi connectivity index (χ0v) is 13.2. The van der Waals surface area contributed by atoms with Gasteiger partial charge in [-0.25, -0.2) is 0 Å². The Morgan fingerprint density at radius 3 is 2.42 bits per heavy atom. The first kappa shape index (κ1) is 18.1. The first-order valence-electron chi connectivity index (χ1n) is 7.29. The number of aliphatic hydroxyl groups is 1. The van der Waals surface area contributed by atoms with Gasteiger partial charge in [-0.2, -0.15) is 13.2 Å². The summed E-state index contributed by atoms with van der Waals surface area (Å²) in [6.45, 7) is 2.65. The van der Waals surface area contributed by atoms with E-state index in [9.17, 15) is 23.1 Å². The van der Waals surface area contributed by atoms with Crippen molar-refractivity contribution in [2.75, 3.05) is 6.61 Å². The molecule has 0 aliphatic rings. The van der Waals surface area contributed by atoms with Crippen LogP contribution in [-0.4, -0.2) is 17.6 Å². The highest BCUT2D eigenvalue weighted by atomic mass is 19.4. The first-order chi connectivity index (χ1) is 11.2. The molecule has 0 fully saturated rings. The molecule has 0 spiro atoms. The number of carbonyl (C=O) groups excluding carboxylic acids is 1. The zero-order chi connectivity index (χ0) is 18.0. The molecule has 7 heteroatoms. The van der Waals surface area contributed by atoms with E-state index in [1.165, 1.54) is 32.2 Å². The quantitative estimate of drug-likeness (QED) is 0.876. The smallest absolute Gasteiger partial charge is 0.416 e. The van der Waals surface area contributed by atoms with Crippen molar-refractivity contribution < 1.29 is 27.5 Å². The second-order valence-corrected chi connectivity index (χ2v) is 5.93. The van der Waals surface area contributed by atoms with E-state index in [1.807, 2.05) is 0 Å². The molecule has 1 heterocycles. The second kappa shape index (κ2) is 6.68. The van der Waals surface area contributed by atoms with Gasteiger partial charge in [0.2, 0.25) is 5.91 Å². The Morgan fingerprint density at radius 2 is 1.88 bits per heavy atom. The summed E-state index contributed by atoms with van der Waals surface area (Å²) < 4.78 is 43.7. The minimum absolute atomic E-state index is 0.228. The number of halogens is 3. The van der Waals surface area contributed by atoms with Gasteiger partial charge in [-0.3, -0.25) is 4.79 Å². The predicted molar refractivity (Wildman–Crippen MR) is 81.1 cm³/mol. The summed E-state index contributed by atoms with van der Waals surface area (Å²) in [5.41, 5.74) is -1.81. The summed E-state index contributed by atoms with van der Waals surface area (Å²) in [5.74, 6) is -0.150. The van der Waals surface area contributed by atoms with Crippen LogP contribution in [0.1, 0.15) is 36.8 Å². The third-order valence-corrected chi connectivity index (χ3v) is 3.85. The molecular formula is C17H18F3NO3. The van der Waals surface area contributed by atoms with E-state index in [1.54, 1.807) is 12.1 Å². The SMILES string of the molecule is CC(C)(C(=O)NC(CO)c1ccco1)c1cccc(C(F)(F)F)c1. The van der Waals surface area contributed by atoms with Gasteiger partial charge in [-0.15, -0.1) is 0 Å². The van der Waals surface area contributed by atoms with Gasteiger partial charge in [0, 0.05) is 0 Å². The number of nitrogens with one attached hydrogen (secondary N) is 1. The molecule has 1 aromatic heterocycles. The number of furan rings is 1. The summed E-state index contributed by atoms with van der Waals surface area (Å²) in [6, 6.07) is 7.09. The largest absolute Gasteiger partial charge is 0.467 e. The number of benzene rings is 1. The standard InChI is InChI=1S/C17H18F3NO3/c1-16(2,11-5-3-6-12(9-11)17(18,19)20)15(23)21-13(10-22)14-7-4-8-24-14/h3-9,13,22H,10H2,1-2H3,(H,21,23). The predicted octanol–water partition coefficient (Wildman–Crippen LogP) is 3.43. The minimum atomic E-state index is -4.48. The number of rotatable bonds is 5. The molecule has 1 amide bonds. The van der Waals surface area contributed by atoms with E-state index in [-0.39, 0.29) is 5.56 Å². The van der Waals surface area contributed by atoms with Crippen LogP contribution in [-0.2, 0) is 16.4 Å². The monoisotopic (exact) mass is 341 g/mol. The topological polar surface area (TPSA) is 62.5 Å². The summed E-state index contributed by atoms with van der Waals surface area (Å²) in [5, 5.41) is 12.0. The molecule has 0 radical (unpaired) electrons. The van der Waals surface area contributed by atoms with E-state index in [0.29, 0.717) is 5.76 Å². The molecule has 2 rings (SSSR count). The Bertz CT molecular complexity index is 693. The van der Waals surface area contributed by atoms with Crippen LogP contribution in [0.25, 0.3) is 0 Å². The average Bonchev–Trinajstić information content (AvgIpc) is 3.05. The molecule has 2 N–H and O–H groups in total. The molecule has 0 bridgehead atoms. The maximum Gasteiger partial charge on any atom is 0.416 e. The number of hydrogen-bond donors (Lipinski definition) is 2. The number of amides is 1.